The highest BCUT2D eigenvalue weighted by molar-refractivity contribution is 5.91. The zero-order chi connectivity index (χ0) is 23.1. The van der Waals surface area contributed by atoms with E-state index in [4.69, 9.17) is 14.2 Å². The summed E-state index contributed by atoms with van der Waals surface area (Å²) in [7, 11) is 4.75. The van der Waals surface area contributed by atoms with E-state index in [0.717, 1.165) is 44.0 Å². The van der Waals surface area contributed by atoms with Crippen LogP contribution in [0.4, 0.5) is 11.4 Å². The van der Waals surface area contributed by atoms with Gasteiger partial charge in [-0.05, 0) is 61.3 Å². The molecule has 3 rings (SSSR count). The minimum atomic E-state index is -0.0255. The van der Waals surface area contributed by atoms with Crippen molar-refractivity contribution in [2.24, 2.45) is 0 Å². The van der Waals surface area contributed by atoms with E-state index < -0.39 is 0 Å². The molecular weight excluding hydrogens is 406 g/mol. The summed E-state index contributed by atoms with van der Waals surface area (Å²) in [5.41, 5.74) is 4.20. The largest absolute Gasteiger partial charge is 0.493 e. The maximum atomic E-state index is 12.6. The van der Waals surface area contributed by atoms with E-state index in [2.05, 4.69) is 41.1 Å². The molecule has 2 aromatic rings. The summed E-state index contributed by atoms with van der Waals surface area (Å²) in [5.74, 6) is 1.71. The molecule has 0 aliphatic carbocycles. The number of carbonyl (C=O) groups excluding carboxylic acids is 1. The topological polar surface area (TPSA) is 63.3 Å². The van der Waals surface area contributed by atoms with Crippen LogP contribution in [-0.2, 0) is 11.2 Å². The minimum absolute atomic E-state index is 0.0255. The van der Waals surface area contributed by atoms with Crippen molar-refractivity contribution in [2.45, 2.75) is 26.7 Å². The highest BCUT2D eigenvalue weighted by atomic mass is 16.5. The molecule has 1 N–H and O–H groups in total. The van der Waals surface area contributed by atoms with Gasteiger partial charge in [-0.3, -0.25) is 4.79 Å². The van der Waals surface area contributed by atoms with E-state index in [9.17, 15) is 4.79 Å². The van der Waals surface area contributed by atoms with Crippen LogP contribution in [0.1, 0.15) is 24.5 Å². The predicted molar refractivity (Wildman–Crippen MR) is 129 cm³/mol. The molecule has 1 heterocycles. The summed E-state index contributed by atoms with van der Waals surface area (Å²) < 4.78 is 16.2. The molecule has 2 aromatic carbocycles. The second-order valence-electron chi connectivity index (χ2n) is 8.00. The number of aryl methyl sites for hydroxylation is 2. The van der Waals surface area contributed by atoms with Gasteiger partial charge >= 0.3 is 0 Å². The first-order chi connectivity index (χ1) is 15.5. The van der Waals surface area contributed by atoms with E-state index >= 15 is 0 Å². The van der Waals surface area contributed by atoms with Gasteiger partial charge in [0.2, 0.25) is 11.7 Å². The number of ether oxygens (including phenoxy) is 3. The maximum absolute atomic E-state index is 12.6. The molecular formula is C25H35N3O4. The lowest BCUT2D eigenvalue weighted by molar-refractivity contribution is -0.116. The van der Waals surface area contributed by atoms with Crippen LogP contribution in [0.25, 0.3) is 0 Å². The highest BCUT2D eigenvalue weighted by Crippen LogP contribution is 2.38. The Labute approximate surface area is 191 Å². The molecule has 0 saturated carbocycles. The SMILES string of the molecule is CCN1CCN(c2ccc(NC(=O)CCc3cc(OC)c(OC)c(OC)c3)cc2C)CC1. The molecule has 7 nitrogen and oxygen atoms in total. The van der Waals surface area contributed by atoms with Gasteiger partial charge in [0.25, 0.3) is 0 Å². The van der Waals surface area contributed by atoms with Crippen LogP contribution in [0.15, 0.2) is 30.3 Å². The van der Waals surface area contributed by atoms with Gasteiger partial charge in [0.05, 0.1) is 21.3 Å². The van der Waals surface area contributed by atoms with Crippen molar-refractivity contribution in [1.29, 1.82) is 0 Å². The highest BCUT2D eigenvalue weighted by Gasteiger charge is 2.18. The lowest BCUT2D eigenvalue weighted by atomic mass is 10.1. The second kappa shape index (κ2) is 11.1. The Bertz CT molecular complexity index is 898. The van der Waals surface area contributed by atoms with Crippen LogP contribution in [0.5, 0.6) is 17.2 Å². The van der Waals surface area contributed by atoms with Gasteiger partial charge in [-0.15, -0.1) is 0 Å². The lowest BCUT2D eigenvalue weighted by Gasteiger charge is -2.36. The van der Waals surface area contributed by atoms with E-state index in [0.29, 0.717) is 30.1 Å². The predicted octanol–water partition coefficient (Wildman–Crippen LogP) is 3.73. The van der Waals surface area contributed by atoms with Crippen molar-refractivity contribution < 1.29 is 19.0 Å². The van der Waals surface area contributed by atoms with Crippen molar-refractivity contribution in [2.75, 3.05) is 64.3 Å². The summed E-state index contributed by atoms with van der Waals surface area (Å²) in [6.45, 7) is 9.68. The number of carbonyl (C=O) groups is 1. The first-order valence-corrected chi connectivity index (χ1v) is 11.2. The minimum Gasteiger partial charge on any atom is -0.493 e. The molecule has 1 amide bonds. The van der Waals surface area contributed by atoms with Gasteiger partial charge in [-0.1, -0.05) is 6.92 Å². The molecule has 0 unspecified atom stereocenters. The van der Waals surface area contributed by atoms with Gasteiger partial charge < -0.3 is 29.3 Å². The molecule has 1 fully saturated rings. The molecule has 0 bridgehead atoms. The number of nitrogens with one attached hydrogen (secondary N) is 1. The monoisotopic (exact) mass is 441 g/mol. The molecule has 174 valence electrons. The van der Waals surface area contributed by atoms with Crippen molar-refractivity contribution in [3.8, 4) is 17.2 Å². The normalized spacial score (nSPS) is 14.2. The fourth-order valence-corrected chi connectivity index (χ4v) is 4.15. The fraction of sp³-hybridized carbons (Fsp3) is 0.480. The van der Waals surface area contributed by atoms with Crippen molar-refractivity contribution in [1.82, 2.24) is 4.90 Å². The molecule has 0 atom stereocenters. The molecule has 0 radical (unpaired) electrons. The number of nitrogens with zero attached hydrogens (tertiary/aromatic N) is 2. The zero-order valence-corrected chi connectivity index (χ0v) is 19.9. The standard InChI is InChI=1S/C25H35N3O4/c1-6-27-11-13-28(14-12-27)21-9-8-20(15-18(21)2)26-24(29)10-7-19-16-22(30-3)25(32-5)23(17-19)31-4/h8-9,15-17H,6-7,10-14H2,1-5H3,(H,26,29). The summed E-state index contributed by atoms with van der Waals surface area (Å²) in [6, 6.07) is 9.92. The second-order valence-corrected chi connectivity index (χ2v) is 8.00. The van der Waals surface area contributed by atoms with Gasteiger partial charge in [0.1, 0.15) is 0 Å². The van der Waals surface area contributed by atoms with Crippen LogP contribution in [0.2, 0.25) is 0 Å². The molecule has 1 aliphatic rings. The van der Waals surface area contributed by atoms with Crippen LogP contribution in [0, 0.1) is 6.92 Å². The number of amides is 1. The van der Waals surface area contributed by atoms with E-state index in [1.54, 1.807) is 21.3 Å². The number of methoxy groups -OCH3 is 3. The Hall–Kier alpha value is -2.93. The van der Waals surface area contributed by atoms with Crippen molar-refractivity contribution in [3.05, 3.63) is 41.5 Å². The first kappa shape index (κ1) is 23.7. The number of benzene rings is 2. The molecule has 1 saturated heterocycles. The van der Waals surface area contributed by atoms with Gasteiger partial charge in [0.15, 0.2) is 11.5 Å². The Morgan fingerprint density at radius 3 is 2.16 bits per heavy atom. The maximum Gasteiger partial charge on any atom is 0.224 e. The summed E-state index contributed by atoms with van der Waals surface area (Å²) in [4.78, 5) is 17.5. The van der Waals surface area contributed by atoms with Crippen LogP contribution < -0.4 is 24.4 Å². The number of anilines is 2. The third kappa shape index (κ3) is 5.65. The quantitative estimate of drug-likeness (QED) is 0.640. The smallest absolute Gasteiger partial charge is 0.224 e. The zero-order valence-electron chi connectivity index (χ0n) is 19.9. The van der Waals surface area contributed by atoms with Gasteiger partial charge in [-0.25, -0.2) is 0 Å². The lowest BCUT2D eigenvalue weighted by Crippen LogP contribution is -2.46. The average molecular weight is 442 g/mol. The molecule has 32 heavy (non-hydrogen) atoms. The number of hydrogen-bond donors (Lipinski definition) is 1. The molecule has 1 aliphatic heterocycles. The van der Waals surface area contributed by atoms with E-state index in [1.807, 2.05) is 18.2 Å². The van der Waals surface area contributed by atoms with E-state index in [-0.39, 0.29) is 5.91 Å². The summed E-state index contributed by atoms with van der Waals surface area (Å²) >= 11 is 0. The Balaban J connectivity index is 1.59. The third-order valence-electron chi connectivity index (χ3n) is 6.01. The van der Waals surface area contributed by atoms with Crippen LogP contribution in [-0.4, -0.2) is 64.9 Å². The Kier molecular flexibility index (Phi) is 8.22. The number of rotatable bonds is 9. The number of piperazine rings is 1. The molecule has 0 aromatic heterocycles. The number of hydrogen-bond acceptors (Lipinski definition) is 6. The Morgan fingerprint density at radius 1 is 0.969 bits per heavy atom. The summed E-state index contributed by atoms with van der Waals surface area (Å²) in [5, 5.41) is 3.03. The van der Waals surface area contributed by atoms with Crippen molar-refractivity contribution >= 4 is 17.3 Å². The van der Waals surface area contributed by atoms with Gasteiger partial charge in [-0.2, -0.15) is 0 Å². The first-order valence-electron chi connectivity index (χ1n) is 11.2. The molecule has 7 heteroatoms. The average Bonchev–Trinajstić information content (AvgIpc) is 2.82. The van der Waals surface area contributed by atoms with Gasteiger partial charge in [0, 0.05) is 44.0 Å². The number of likely N-dealkylation sites (N-methyl/N-ethyl adjacent to an activating group) is 1. The molecule has 0 spiro atoms. The van der Waals surface area contributed by atoms with Crippen molar-refractivity contribution in [3.63, 3.8) is 0 Å². The van der Waals surface area contributed by atoms with E-state index in [1.165, 1.54) is 11.3 Å². The van der Waals surface area contributed by atoms with Crippen LogP contribution in [0.3, 0.4) is 0 Å². The fourth-order valence-electron chi connectivity index (χ4n) is 4.15. The Morgan fingerprint density at radius 2 is 1.62 bits per heavy atom. The van der Waals surface area contributed by atoms with Crippen LogP contribution >= 0.6 is 0 Å². The summed E-state index contributed by atoms with van der Waals surface area (Å²) in [6.07, 6.45) is 0.930. The third-order valence-corrected chi connectivity index (χ3v) is 6.01.